The molecule has 0 fully saturated rings. The summed E-state index contributed by atoms with van der Waals surface area (Å²) in [5, 5.41) is 8.75. The number of ether oxygens (including phenoxy) is 1. The van der Waals surface area contributed by atoms with Crippen molar-refractivity contribution >= 4 is 5.97 Å². The average molecular weight is 280 g/mol. The van der Waals surface area contributed by atoms with Crippen molar-refractivity contribution < 1.29 is 14.6 Å². The zero-order valence-corrected chi connectivity index (χ0v) is 13.0. The second kappa shape index (κ2) is 12.5. The van der Waals surface area contributed by atoms with Gasteiger partial charge in [-0.05, 0) is 30.7 Å². The van der Waals surface area contributed by atoms with Gasteiger partial charge in [0.2, 0.25) is 0 Å². The zero-order chi connectivity index (χ0) is 15.2. The Morgan fingerprint density at radius 2 is 1.55 bits per heavy atom. The van der Waals surface area contributed by atoms with Gasteiger partial charge in [0.1, 0.15) is 5.75 Å². The molecule has 0 aliphatic carbocycles. The molecule has 20 heavy (non-hydrogen) atoms. The van der Waals surface area contributed by atoms with E-state index in [2.05, 4.69) is 6.92 Å². The first-order valence-corrected chi connectivity index (χ1v) is 7.70. The Balaban J connectivity index is 0.00000172. The lowest BCUT2D eigenvalue weighted by Crippen LogP contribution is -1.99. The van der Waals surface area contributed by atoms with Gasteiger partial charge in [0.15, 0.2) is 0 Å². The van der Waals surface area contributed by atoms with Gasteiger partial charge in [-0.15, -0.1) is 0 Å². The lowest BCUT2D eigenvalue weighted by molar-refractivity contribution is 0.0697. The highest BCUT2D eigenvalue weighted by Crippen LogP contribution is 2.13. The minimum Gasteiger partial charge on any atom is -0.494 e. The molecule has 3 nitrogen and oxygen atoms in total. The summed E-state index contributed by atoms with van der Waals surface area (Å²) in [5.41, 5.74) is 0.293. The molecule has 0 saturated heterocycles. The van der Waals surface area contributed by atoms with Gasteiger partial charge in [-0.2, -0.15) is 0 Å². The molecule has 0 amide bonds. The molecule has 0 aliphatic heterocycles. The molecule has 0 unspecified atom stereocenters. The Labute approximate surface area is 123 Å². The monoisotopic (exact) mass is 280 g/mol. The van der Waals surface area contributed by atoms with Crippen LogP contribution in [0.5, 0.6) is 5.75 Å². The van der Waals surface area contributed by atoms with E-state index in [1.54, 1.807) is 24.3 Å². The normalized spacial score (nSPS) is 9.55. The van der Waals surface area contributed by atoms with Crippen LogP contribution in [0.15, 0.2) is 24.3 Å². The van der Waals surface area contributed by atoms with Crippen LogP contribution < -0.4 is 4.74 Å². The van der Waals surface area contributed by atoms with E-state index >= 15 is 0 Å². The van der Waals surface area contributed by atoms with Crippen molar-refractivity contribution in [2.75, 3.05) is 6.61 Å². The van der Waals surface area contributed by atoms with Crippen molar-refractivity contribution in [2.45, 2.75) is 59.3 Å². The summed E-state index contributed by atoms with van der Waals surface area (Å²) in [5.74, 6) is -0.161. The van der Waals surface area contributed by atoms with Crippen molar-refractivity contribution in [3.8, 4) is 5.75 Å². The molecule has 0 atom stereocenters. The Morgan fingerprint density at radius 3 is 2.10 bits per heavy atom. The van der Waals surface area contributed by atoms with Gasteiger partial charge in [0.25, 0.3) is 0 Å². The molecule has 0 spiro atoms. The molecule has 0 aliphatic rings. The quantitative estimate of drug-likeness (QED) is 0.636. The van der Waals surface area contributed by atoms with Crippen LogP contribution >= 0.6 is 0 Å². The van der Waals surface area contributed by atoms with Gasteiger partial charge in [0, 0.05) is 0 Å². The summed E-state index contributed by atoms with van der Waals surface area (Å²) in [6, 6.07) is 6.55. The minimum absolute atomic E-state index is 0.293. The fourth-order valence-electron chi connectivity index (χ4n) is 1.77. The molecule has 1 aromatic rings. The van der Waals surface area contributed by atoms with Crippen molar-refractivity contribution in [3.63, 3.8) is 0 Å². The van der Waals surface area contributed by atoms with Gasteiger partial charge in [-0.1, -0.05) is 52.9 Å². The van der Waals surface area contributed by atoms with Crippen LogP contribution in [0.1, 0.15) is 69.7 Å². The predicted octanol–water partition coefficient (Wildman–Crippen LogP) is 5.15. The second-order valence-corrected chi connectivity index (χ2v) is 4.45. The van der Waals surface area contributed by atoms with Crippen LogP contribution in [0.25, 0.3) is 0 Å². The lowest BCUT2D eigenvalue weighted by Gasteiger charge is -2.06. The largest absolute Gasteiger partial charge is 0.494 e. The van der Waals surface area contributed by atoms with Crippen molar-refractivity contribution in [1.29, 1.82) is 0 Å². The summed E-state index contributed by atoms with van der Waals surface area (Å²) in [7, 11) is 0. The Kier molecular flexibility index (Phi) is 11.6. The Morgan fingerprint density at radius 1 is 1.00 bits per heavy atom. The summed E-state index contributed by atoms with van der Waals surface area (Å²) in [6.07, 6.45) is 7.43. The van der Waals surface area contributed by atoms with E-state index < -0.39 is 5.97 Å². The average Bonchev–Trinajstić information content (AvgIpc) is 2.49. The van der Waals surface area contributed by atoms with Gasteiger partial charge in [-0.3, -0.25) is 0 Å². The molecule has 1 N–H and O–H groups in total. The first-order chi connectivity index (χ1) is 9.74. The number of carboxylic acids is 1. The number of unbranched alkanes of at least 4 members (excludes halogenated alkanes) is 5. The number of aromatic carboxylic acids is 1. The summed E-state index contributed by atoms with van der Waals surface area (Å²) < 4.78 is 5.55. The van der Waals surface area contributed by atoms with Gasteiger partial charge >= 0.3 is 5.97 Å². The maximum absolute atomic E-state index is 10.7. The van der Waals surface area contributed by atoms with Crippen LogP contribution in [-0.4, -0.2) is 17.7 Å². The first-order valence-electron chi connectivity index (χ1n) is 7.70. The zero-order valence-electron chi connectivity index (χ0n) is 13.0. The van der Waals surface area contributed by atoms with Gasteiger partial charge < -0.3 is 9.84 Å². The van der Waals surface area contributed by atoms with E-state index in [4.69, 9.17) is 9.84 Å². The standard InChI is InChI=1S/C15H22O3.C2H6/c1-2-3-4-5-6-7-12-18-14-10-8-13(9-11-14)15(16)17;1-2/h8-11H,2-7,12H2,1H3,(H,16,17);1-2H3. The minimum atomic E-state index is -0.905. The lowest BCUT2D eigenvalue weighted by atomic mass is 10.1. The van der Waals surface area contributed by atoms with Crippen molar-refractivity contribution in [3.05, 3.63) is 29.8 Å². The van der Waals surface area contributed by atoms with Gasteiger partial charge in [0.05, 0.1) is 12.2 Å². The molecule has 0 saturated carbocycles. The highest BCUT2D eigenvalue weighted by atomic mass is 16.5. The molecule has 0 heterocycles. The van der Waals surface area contributed by atoms with E-state index in [1.165, 1.54) is 32.1 Å². The second-order valence-electron chi connectivity index (χ2n) is 4.45. The smallest absolute Gasteiger partial charge is 0.335 e. The molecule has 0 aromatic heterocycles. The number of benzene rings is 1. The number of carbonyl (C=O) groups is 1. The molecule has 114 valence electrons. The molecule has 0 bridgehead atoms. The van der Waals surface area contributed by atoms with Crippen LogP contribution in [0.3, 0.4) is 0 Å². The van der Waals surface area contributed by atoms with E-state index in [-0.39, 0.29) is 0 Å². The maximum atomic E-state index is 10.7. The van der Waals surface area contributed by atoms with Crippen LogP contribution in [-0.2, 0) is 0 Å². The third-order valence-corrected chi connectivity index (χ3v) is 2.87. The molecular weight excluding hydrogens is 252 g/mol. The molecule has 0 radical (unpaired) electrons. The van der Waals surface area contributed by atoms with Gasteiger partial charge in [-0.25, -0.2) is 4.79 Å². The van der Waals surface area contributed by atoms with Crippen molar-refractivity contribution in [2.24, 2.45) is 0 Å². The fraction of sp³-hybridized carbons (Fsp3) is 0.588. The van der Waals surface area contributed by atoms with Crippen LogP contribution in [0, 0.1) is 0 Å². The highest BCUT2D eigenvalue weighted by Gasteiger charge is 2.01. The third-order valence-electron chi connectivity index (χ3n) is 2.87. The summed E-state index contributed by atoms with van der Waals surface area (Å²) >= 11 is 0. The first kappa shape index (κ1) is 18.5. The number of rotatable bonds is 9. The van der Waals surface area contributed by atoms with E-state index in [9.17, 15) is 4.79 Å². The van der Waals surface area contributed by atoms with E-state index in [0.717, 1.165) is 12.2 Å². The van der Waals surface area contributed by atoms with E-state index in [1.807, 2.05) is 13.8 Å². The number of hydrogen-bond acceptors (Lipinski definition) is 2. The molecule has 1 rings (SSSR count). The highest BCUT2D eigenvalue weighted by molar-refractivity contribution is 5.87. The Bertz CT molecular complexity index is 344. The van der Waals surface area contributed by atoms with E-state index in [0.29, 0.717) is 12.2 Å². The fourth-order valence-corrected chi connectivity index (χ4v) is 1.77. The third kappa shape index (κ3) is 8.57. The summed E-state index contributed by atoms with van der Waals surface area (Å²) in [4.78, 5) is 10.7. The number of hydrogen-bond donors (Lipinski definition) is 1. The predicted molar refractivity (Wildman–Crippen MR) is 83.6 cm³/mol. The topological polar surface area (TPSA) is 46.5 Å². The molecule has 1 aromatic carbocycles. The Hall–Kier alpha value is -1.51. The van der Waals surface area contributed by atoms with Crippen LogP contribution in [0.4, 0.5) is 0 Å². The summed E-state index contributed by atoms with van der Waals surface area (Å²) in [6.45, 7) is 6.92. The number of carboxylic acid groups (broad SMARTS) is 1. The molecular formula is C17H28O3. The van der Waals surface area contributed by atoms with Crippen molar-refractivity contribution in [1.82, 2.24) is 0 Å². The SMILES string of the molecule is CC.CCCCCCCCOc1ccc(C(=O)O)cc1. The van der Waals surface area contributed by atoms with Crippen LogP contribution in [0.2, 0.25) is 0 Å². The molecule has 3 heteroatoms. The maximum Gasteiger partial charge on any atom is 0.335 e.